The molecule has 0 saturated heterocycles. The molecule has 4 bridgehead atoms. The highest BCUT2D eigenvalue weighted by molar-refractivity contribution is 6.30. The molecule has 2 aromatic heterocycles. The zero-order valence-electron chi connectivity index (χ0n) is 26.2. The fraction of sp³-hybridized carbons (Fsp3) is 0.206. The van der Waals surface area contributed by atoms with Crippen LogP contribution >= 0.6 is 11.6 Å². The first-order valence-corrected chi connectivity index (χ1v) is 15.5. The van der Waals surface area contributed by atoms with Gasteiger partial charge in [0.25, 0.3) is 0 Å². The molecule has 6 rings (SSSR count). The maximum atomic E-state index is 13.4. The summed E-state index contributed by atoms with van der Waals surface area (Å²) in [5.41, 5.74) is 5.67. The lowest BCUT2D eigenvalue weighted by Crippen LogP contribution is -2.29. The minimum absolute atomic E-state index is 0.0320. The number of Topliss-reactive ketones (excluding diaryl/α,β-unsaturated/α-hetero) is 1. The summed E-state index contributed by atoms with van der Waals surface area (Å²) in [7, 11) is 3.24. The predicted octanol–water partition coefficient (Wildman–Crippen LogP) is 5.41. The van der Waals surface area contributed by atoms with E-state index >= 15 is 0 Å². The van der Waals surface area contributed by atoms with Crippen LogP contribution in [0.5, 0.6) is 0 Å². The molecule has 1 aliphatic heterocycles. The first-order chi connectivity index (χ1) is 23.3. The van der Waals surface area contributed by atoms with Gasteiger partial charge in [-0.05, 0) is 77.4 Å². The fourth-order valence-corrected chi connectivity index (χ4v) is 5.74. The second-order valence-corrected chi connectivity index (χ2v) is 11.7. The van der Waals surface area contributed by atoms with Crippen molar-refractivity contribution in [2.75, 3.05) is 30.9 Å². The van der Waals surface area contributed by atoms with E-state index < -0.39 is 12.1 Å². The molecule has 3 heterocycles. The van der Waals surface area contributed by atoms with Crippen molar-refractivity contribution in [1.29, 1.82) is 0 Å². The summed E-state index contributed by atoms with van der Waals surface area (Å²) in [6, 6.07) is 17.6. The van der Waals surface area contributed by atoms with E-state index in [-0.39, 0.29) is 11.7 Å². The number of carbonyl (C=O) groups is 3. The van der Waals surface area contributed by atoms with Crippen molar-refractivity contribution in [2.45, 2.75) is 25.3 Å². The number of ether oxygens (including phenoxy) is 1. The van der Waals surface area contributed by atoms with Crippen LogP contribution in [0.2, 0.25) is 5.02 Å². The third-order valence-electron chi connectivity index (χ3n) is 7.96. The summed E-state index contributed by atoms with van der Waals surface area (Å²) >= 11 is 6.26. The highest BCUT2D eigenvalue weighted by Crippen LogP contribution is 2.34. The molecular weight excluding hydrogens is 634 g/mol. The number of H-pyrrole nitrogens is 1. The number of nitrogens with zero attached hydrogens (tertiary/aromatic N) is 6. The van der Waals surface area contributed by atoms with Crippen LogP contribution in [0.1, 0.15) is 46.2 Å². The molecule has 3 N–H and O–H groups in total. The van der Waals surface area contributed by atoms with Crippen LogP contribution in [0.3, 0.4) is 0 Å². The molecule has 13 nitrogen and oxygen atoms in total. The molecule has 1 unspecified atom stereocenters. The predicted molar refractivity (Wildman–Crippen MR) is 181 cm³/mol. The lowest BCUT2D eigenvalue weighted by atomic mass is 9.99. The lowest BCUT2D eigenvalue weighted by molar-refractivity contribution is -0.117. The Morgan fingerprint density at radius 2 is 1.98 bits per heavy atom. The molecule has 3 aromatic carbocycles. The summed E-state index contributed by atoms with van der Waals surface area (Å²) in [5, 5.41) is 17.6. The van der Waals surface area contributed by atoms with Crippen molar-refractivity contribution in [3.8, 4) is 16.9 Å². The zero-order valence-corrected chi connectivity index (χ0v) is 26.9. The summed E-state index contributed by atoms with van der Waals surface area (Å²) in [4.78, 5) is 48.7. The molecule has 1 aliphatic rings. The Kier molecular flexibility index (Phi) is 9.57. The molecule has 5 aromatic rings. The number of ketones is 1. The maximum absolute atomic E-state index is 13.4. The number of benzene rings is 3. The number of aromatic nitrogens is 6. The summed E-state index contributed by atoms with van der Waals surface area (Å²) in [6.07, 6.45) is 7.00. The Balaban J connectivity index is 1.35. The number of anilines is 2. The molecule has 0 saturated carbocycles. The van der Waals surface area contributed by atoms with Crippen molar-refractivity contribution in [1.82, 2.24) is 35.5 Å². The van der Waals surface area contributed by atoms with Gasteiger partial charge >= 0.3 is 6.09 Å². The number of nitrogens with one attached hydrogen (secondary N) is 3. The van der Waals surface area contributed by atoms with Gasteiger partial charge in [0.2, 0.25) is 5.91 Å². The van der Waals surface area contributed by atoms with Gasteiger partial charge < -0.3 is 19.9 Å². The highest BCUT2D eigenvalue weighted by Gasteiger charge is 2.22. The summed E-state index contributed by atoms with van der Waals surface area (Å²) in [5.74, 6) is 0.190. The van der Waals surface area contributed by atoms with Crippen molar-refractivity contribution in [2.24, 2.45) is 0 Å². The van der Waals surface area contributed by atoms with Crippen LogP contribution in [-0.2, 0) is 16.0 Å². The maximum Gasteiger partial charge on any atom is 0.411 e. The molecule has 1 atom stereocenters. The van der Waals surface area contributed by atoms with E-state index in [2.05, 4.69) is 36.1 Å². The number of carbonyl (C=O) groups excluding carboxylic acids is 3. The first-order valence-electron chi connectivity index (χ1n) is 15.2. The molecule has 0 radical (unpaired) electrons. The Morgan fingerprint density at radius 1 is 1.10 bits per heavy atom. The quantitative estimate of drug-likeness (QED) is 0.209. The van der Waals surface area contributed by atoms with Crippen molar-refractivity contribution >= 4 is 46.8 Å². The SMILES string of the molecule is COC(=O)Nc1ccc2c(c1)N(C)CCCC(=O)c1cccc(c1)CC(NC(=O)/C=C/c1cc(Cl)ccc1-n1cnnn1)c1ncc-2[nH]1. The number of fused-ring (bicyclic) bond motifs is 6. The second-order valence-electron chi connectivity index (χ2n) is 11.2. The number of tetrazole rings is 1. The van der Waals surface area contributed by atoms with Crippen LogP contribution in [0, 0.1) is 0 Å². The molecule has 0 spiro atoms. The van der Waals surface area contributed by atoms with Crippen molar-refractivity contribution < 1.29 is 19.1 Å². The number of hydrogen-bond donors (Lipinski definition) is 3. The third-order valence-corrected chi connectivity index (χ3v) is 8.19. The van der Waals surface area contributed by atoms with E-state index in [0.29, 0.717) is 59.2 Å². The Bertz CT molecular complexity index is 1990. The highest BCUT2D eigenvalue weighted by atomic mass is 35.5. The van der Waals surface area contributed by atoms with Crippen LogP contribution in [-0.4, -0.2) is 68.7 Å². The zero-order chi connectivity index (χ0) is 33.6. The average molecular weight is 666 g/mol. The molecule has 244 valence electrons. The largest absolute Gasteiger partial charge is 0.453 e. The Hall–Kier alpha value is -5.82. The second kappa shape index (κ2) is 14.3. The number of imidazole rings is 1. The van der Waals surface area contributed by atoms with Gasteiger partial charge in [-0.25, -0.2) is 9.78 Å². The van der Waals surface area contributed by atoms with Gasteiger partial charge in [-0.3, -0.25) is 14.9 Å². The lowest BCUT2D eigenvalue weighted by Gasteiger charge is -2.23. The Morgan fingerprint density at radius 3 is 2.79 bits per heavy atom. The minimum atomic E-state index is -0.583. The van der Waals surface area contributed by atoms with Crippen LogP contribution in [0.4, 0.5) is 16.2 Å². The first kappa shape index (κ1) is 32.1. The standard InChI is InChI=1S/C34H32ClN9O4/c1-43-14-4-7-31(45)23-6-3-5-21(15-23)16-27(33-36-19-28(40-33)26-11-10-25(18-30(26)43)38-34(47)48-2)39-32(46)13-8-22-17-24(35)9-12-29(22)44-20-37-41-42-44/h3,5-6,8-13,15,17-20,27H,4,7,14,16H2,1-2H3,(H,36,40)(H,38,47)(H,39,46)/b13-8+. The van der Waals surface area contributed by atoms with Gasteiger partial charge in [0.15, 0.2) is 5.78 Å². The molecule has 48 heavy (non-hydrogen) atoms. The minimum Gasteiger partial charge on any atom is -0.453 e. The number of rotatable bonds is 5. The normalized spacial score (nSPS) is 14.9. The molecule has 2 amide bonds. The third kappa shape index (κ3) is 7.42. The number of methoxy groups -OCH3 is 1. The van der Waals surface area contributed by atoms with Crippen molar-refractivity contribution in [3.05, 3.63) is 107 Å². The van der Waals surface area contributed by atoms with Gasteiger partial charge in [-0.2, -0.15) is 4.68 Å². The van der Waals surface area contributed by atoms with Gasteiger partial charge in [0.05, 0.1) is 30.7 Å². The Labute approximate surface area is 281 Å². The van der Waals surface area contributed by atoms with Crippen LogP contribution in [0.25, 0.3) is 23.0 Å². The molecule has 0 aliphatic carbocycles. The fourth-order valence-electron chi connectivity index (χ4n) is 5.56. The topological polar surface area (TPSA) is 160 Å². The van der Waals surface area contributed by atoms with Crippen molar-refractivity contribution in [3.63, 3.8) is 0 Å². The van der Waals surface area contributed by atoms with E-state index in [9.17, 15) is 14.4 Å². The summed E-state index contributed by atoms with van der Waals surface area (Å²) in [6.45, 7) is 0.591. The smallest absolute Gasteiger partial charge is 0.411 e. The van der Waals surface area contributed by atoms with E-state index in [0.717, 1.165) is 22.5 Å². The van der Waals surface area contributed by atoms with Gasteiger partial charge in [-0.1, -0.05) is 29.8 Å². The number of amides is 2. The van der Waals surface area contributed by atoms with Crippen LogP contribution in [0.15, 0.2) is 79.3 Å². The summed E-state index contributed by atoms with van der Waals surface area (Å²) < 4.78 is 6.25. The molecular formula is C34H32ClN9O4. The van der Waals surface area contributed by atoms with E-state index in [4.69, 9.17) is 16.3 Å². The van der Waals surface area contributed by atoms with E-state index in [1.54, 1.807) is 36.5 Å². The number of hydrogen-bond acceptors (Lipinski definition) is 9. The van der Waals surface area contributed by atoms with Gasteiger partial charge in [0.1, 0.15) is 12.2 Å². The van der Waals surface area contributed by atoms with Gasteiger partial charge in [-0.15, -0.1) is 5.10 Å². The molecule has 14 heteroatoms. The monoisotopic (exact) mass is 665 g/mol. The van der Waals surface area contributed by atoms with E-state index in [1.165, 1.54) is 24.2 Å². The number of halogens is 1. The van der Waals surface area contributed by atoms with E-state index in [1.807, 2.05) is 48.3 Å². The average Bonchev–Trinajstić information content (AvgIpc) is 3.80. The van der Waals surface area contributed by atoms with Gasteiger partial charge in [0, 0.05) is 59.2 Å². The number of aromatic amines is 1. The van der Waals surface area contributed by atoms with Crippen LogP contribution < -0.4 is 15.5 Å². The molecule has 0 fully saturated rings.